The second-order valence-corrected chi connectivity index (χ2v) is 6.68. The van der Waals surface area contributed by atoms with E-state index < -0.39 is 0 Å². The van der Waals surface area contributed by atoms with Gasteiger partial charge in [-0.1, -0.05) is 17.7 Å². The molecule has 5 heteroatoms. The first-order valence-corrected chi connectivity index (χ1v) is 8.53. The standard InChI is InChI=1S/C17H24ClFN2O/c1-12-2-3-14(18)15(16(12)19)17(13-4-10-22-11-5-13)21-8-6-20-7-9-21/h2-3,13,17,20H,4-11H2,1H3/t17-/m1/s1. The molecule has 2 aliphatic rings. The quantitative estimate of drug-likeness (QED) is 0.923. The molecule has 0 bridgehead atoms. The van der Waals surface area contributed by atoms with E-state index in [4.69, 9.17) is 16.3 Å². The Morgan fingerprint density at radius 3 is 2.64 bits per heavy atom. The third-order valence-corrected chi connectivity index (χ3v) is 5.20. The molecule has 3 rings (SSSR count). The zero-order chi connectivity index (χ0) is 15.5. The van der Waals surface area contributed by atoms with Crippen molar-refractivity contribution in [3.8, 4) is 0 Å². The van der Waals surface area contributed by atoms with Crippen LogP contribution in [0.4, 0.5) is 4.39 Å². The Kier molecular flexibility index (Phi) is 5.34. The zero-order valence-electron chi connectivity index (χ0n) is 13.1. The molecule has 0 spiro atoms. The Bertz CT molecular complexity index is 496. The van der Waals surface area contributed by atoms with Crippen molar-refractivity contribution in [1.29, 1.82) is 0 Å². The normalized spacial score (nSPS) is 22.7. The number of nitrogens with one attached hydrogen (secondary N) is 1. The number of hydrogen-bond acceptors (Lipinski definition) is 3. The molecule has 2 fully saturated rings. The van der Waals surface area contributed by atoms with Gasteiger partial charge in [0.15, 0.2) is 0 Å². The molecule has 0 saturated carbocycles. The van der Waals surface area contributed by atoms with Crippen LogP contribution in [-0.2, 0) is 4.74 Å². The number of benzene rings is 1. The lowest BCUT2D eigenvalue weighted by Crippen LogP contribution is -2.48. The molecule has 1 N–H and O–H groups in total. The largest absolute Gasteiger partial charge is 0.381 e. The molecule has 2 aliphatic heterocycles. The monoisotopic (exact) mass is 326 g/mol. The van der Waals surface area contributed by atoms with Crippen molar-refractivity contribution in [2.24, 2.45) is 5.92 Å². The van der Waals surface area contributed by atoms with Crippen LogP contribution >= 0.6 is 11.6 Å². The fourth-order valence-electron chi connectivity index (χ4n) is 3.66. The summed E-state index contributed by atoms with van der Waals surface area (Å²) in [6.07, 6.45) is 1.94. The summed E-state index contributed by atoms with van der Waals surface area (Å²) in [6, 6.07) is 3.66. The van der Waals surface area contributed by atoms with Crippen LogP contribution in [0.5, 0.6) is 0 Å². The minimum absolute atomic E-state index is 0.0541. The number of hydrogen-bond donors (Lipinski definition) is 1. The van der Waals surface area contributed by atoms with E-state index in [-0.39, 0.29) is 11.9 Å². The molecule has 0 aromatic heterocycles. The highest BCUT2D eigenvalue weighted by Gasteiger charge is 2.34. The van der Waals surface area contributed by atoms with E-state index in [1.54, 1.807) is 6.07 Å². The van der Waals surface area contributed by atoms with E-state index in [2.05, 4.69) is 10.2 Å². The second-order valence-electron chi connectivity index (χ2n) is 6.27. The molecule has 1 aromatic carbocycles. The predicted octanol–water partition coefficient (Wildman–Crippen LogP) is 3.16. The summed E-state index contributed by atoms with van der Waals surface area (Å²) < 4.78 is 20.4. The van der Waals surface area contributed by atoms with Gasteiger partial charge < -0.3 is 10.1 Å². The summed E-state index contributed by atoms with van der Waals surface area (Å²) in [4.78, 5) is 2.40. The summed E-state index contributed by atoms with van der Waals surface area (Å²) in [5.74, 6) is 0.267. The minimum atomic E-state index is -0.137. The molecule has 0 amide bonds. The van der Waals surface area contributed by atoms with Crippen LogP contribution in [0, 0.1) is 18.7 Å². The van der Waals surface area contributed by atoms with Crippen LogP contribution in [0.25, 0.3) is 0 Å². The van der Waals surface area contributed by atoms with Crippen molar-refractivity contribution in [2.45, 2.75) is 25.8 Å². The summed E-state index contributed by atoms with van der Waals surface area (Å²) in [6.45, 7) is 7.11. The zero-order valence-corrected chi connectivity index (χ0v) is 13.8. The first-order chi connectivity index (χ1) is 10.7. The van der Waals surface area contributed by atoms with E-state index >= 15 is 0 Å². The number of nitrogens with zero attached hydrogens (tertiary/aromatic N) is 1. The summed E-state index contributed by atoms with van der Waals surface area (Å²) in [5, 5.41) is 3.93. The SMILES string of the molecule is Cc1ccc(Cl)c([C@@H](C2CCOCC2)N2CCNCC2)c1F. The highest BCUT2D eigenvalue weighted by molar-refractivity contribution is 6.31. The number of piperazine rings is 1. The highest BCUT2D eigenvalue weighted by Crippen LogP contribution is 2.40. The molecule has 0 aliphatic carbocycles. The molecular formula is C17H24ClFN2O. The fraction of sp³-hybridized carbons (Fsp3) is 0.647. The molecule has 0 unspecified atom stereocenters. The maximum Gasteiger partial charge on any atom is 0.132 e. The van der Waals surface area contributed by atoms with E-state index in [0.717, 1.165) is 52.2 Å². The molecule has 3 nitrogen and oxygen atoms in total. The lowest BCUT2D eigenvalue weighted by molar-refractivity contribution is 0.0203. The van der Waals surface area contributed by atoms with Gasteiger partial charge in [-0.3, -0.25) is 4.90 Å². The van der Waals surface area contributed by atoms with Gasteiger partial charge in [0.2, 0.25) is 0 Å². The topological polar surface area (TPSA) is 24.5 Å². The maximum absolute atomic E-state index is 14.9. The maximum atomic E-state index is 14.9. The van der Waals surface area contributed by atoms with E-state index in [0.29, 0.717) is 22.1 Å². The van der Waals surface area contributed by atoms with Crippen LogP contribution in [0.3, 0.4) is 0 Å². The van der Waals surface area contributed by atoms with Gasteiger partial charge in [-0.15, -0.1) is 0 Å². The van der Waals surface area contributed by atoms with Crippen molar-refractivity contribution in [2.75, 3.05) is 39.4 Å². The van der Waals surface area contributed by atoms with E-state index in [1.165, 1.54) is 0 Å². The van der Waals surface area contributed by atoms with Gasteiger partial charge in [0.05, 0.1) is 0 Å². The molecule has 1 aromatic rings. The third-order valence-electron chi connectivity index (χ3n) is 4.87. The van der Waals surface area contributed by atoms with Crippen molar-refractivity contribution in [3.05, 3.63) is 34.1 Å². The molecule has 0 radical (unpaired) electrons. The van der Waals surface area contributed by atoms with Crippen molar-refractivity contribution >= 4 is 11.6 Å². The Hall–Kier alpha value is -0.680. The summed E-state index contributed by atoms with van der Waals surface area (Å²) in [7, 11) is 0. The Labute approximate surface area is 136 Å². The van der Waals surface area contributed by atoms with E-state index in [1.807, 2.05) is 13.0 Å². The summed E-state index contributed by atoms with van der Waals surface area (Å²) in [5.41, 5.74) is 1.36. The number of halogens is 2. The number of rotatable bonds is 3. The second kappa shape index (κ2) is 7.26. The van der Waals surface area contributed by atoms with Gasteiger partial charge in [0.1, 0.15) is 5.82 Å². The predicted molar refractivity (Wildman–Crippen MR) is 86.9 cm³/mol. The first kappa shape index (κ1) is 16.2. The number of aryl methyl sites for hydroxylation is 1. The Morgan fingerprint density at radius 1 is 1.27 bits per heavy atom. The summed E-state index contributed by atoms with van der Waals surface area (Å²) >= 11 is 6.42. The molecule has 22 heavy (non-hydrogen) atoms. The van der Waals surface area contributed by atoms with Crippen LogP contribution in [-0.4, -0.2) is 44.3 Å². The highest BCUT2D eigenvalue weighted by atomic mass is 35.5. The lowest BCUT2D eigenvalue weighted by atomic mass is 9.84. The molecule has 122 valence electrons. The minimum Gasteiger partial charge on any atom is -0.381 e. The van der Waals surface area contributed by atoms with Gasteiger partial charge in [0.25, 0.3) is 0 Å². The average molecular weight is 327 g/mol. The smallest absolute Gasteiger partial charge is 0.132 e. The van der Waals surface area contributed by atoms with Gasteiger partial charge in [-0.05, 0) is 37.3 Å². The Balaban J connectivity index is 1.98. The van der Waals surface area contributed by atoms with Crippen molar-refractivity contribution in [3.63, 3.8) is 0 Å². The van der Waals surface area contributed by atoms with Crippen LogP contribution in [0.2, 0.25) is 5.02 Å². The van der Waals surface area contributed by atoms with Crippen molar-refractivity contribution < 1.29 is 9.13 Å². The first-order valence-electron chi connectivity index (χ1n) is 8.15. The molecule has 2 saturated heterocycles. The molecular weight excluding hydrogens is 303 g/mol. The van der Waals surface area contributed by atoms with E-state index in [9.17, 15) is 4.39 Å². The van der Waals surface area contributed by atoms with Gasteiger partial charge in [-0.25, -0.2) is 4.39 Å². The van der Waals surface area contributed by atoms with Gasteiger partial charge in [0, 0.05) is 56.0 Å². The third kappa shape index (κ3) is 3.30. The Morgan fingerprint density at radius 2 is 1.95 bits per heavy atom. The van der Waals surface area contributed by atoms with Crippen LogP contribution in [0.1, 0.15) is 30.0 Å². The van der Waals surface area contributed by atoms with Crippen LogP contribution < -0.4 is 5.32 Å². The molecule has 1 atom stereocenters. The fourth-order valence-corrected chi connectivity index (χ4v) is 3.92. The van der Waals surface area contributed by atoms with Crippen molar-refractivity contribution in [1.82, 2.24) is 10.2 Å². The lowest BCUT2D eigenvalue weighted by Gasteiger charge is -2.41. The molecule has 2 heterocycles. The van der Waals surface area contributed by atoms with Gasteiger partial charge in [-0.2, -0.15) is 0 Å². The van der Waals surface area contributed by atoms with Gasteiger partial charge >= 0.3 is 0 Å². The average Bonchev–Trinajstić information content (AvgIpc) is 2.57. The number of ether oxygens (including phenoxy) is 1. The van der Waals surface area contributed by atoms with Crippen LogP contribution in [0.15, 0.2) is 12.1 Å².